The quantitative estimate of drug-likeness (QED) is 0.180. The average molecular weight is 491 g/mol. The Balaban J connectivity index is 1.32. The van der Waals surface area contributed by atoms with E-state index in [-0.39, 0.29) is 30.6 Å². The van der Waals surface area contributed by atoms with E-state index in [4.69, 9.17) is 18.9 Å². The molecule has 1 aromatic rings. The minimum atomic E-state index is -0.985. The lowest BCUT2D eigenvalue weighted by atomic mass is 10.0. The number of imide groups is 2. The highest BCUT2D eigenvalue weighted by atomic mass is 16.6. The van der Waals surface area contributed by atoms with Gasteiger partial charge >= 0.3 is 0 Å². The molecule has 0 spiro atoms. The fourth-order valence-corrected chi connectivity index (χ4v) is 3.64. The normalized spacial score (nSPS) is 17.5. The molecule has 1 saturated heterocycles. The first-order valence-electron chi connectivity index (χ1n) is 11.4. The lowest BCUT2D eigenvalue weighted by molar-refractivity contribution is -0.136. The number of amides is 4. The van der Waals surface area contributed by atoms with Gasteiger partial charge in [0.1, 0.15) is 18.9 Å². The second kappa shape index (κ2) is 13.6. The van der Waals surface area contributed by atoms with Gasteiger partial charge in [-0.25, -0.2) is 0 Å². The first kappa shape index (κ1) is 26.4. The fourth-order valence-electron chi connectivity index (χ4n) is 3.64. The van der Waals surface area contributed by atoms with Crippen molar-refractivity contribution in [3.63, 3.8) is 0 Å². The van der Waals surface area contributed by atoms with Gasteiger partial charge in [0.15, 0.2) is 0 Å². The number of rotatable bonds is 16. The Morgan fingerprint density at radius 1 is 0.886 bits per heavy atom. The van der Waals surface area contributed by atoms with E-state index in [2.05, 4.69) is 10.6 Å². The smallest absolute Gasteiger partial charge is 0.262 e. The second-order valence-corrected chi connectivity index (χ2v) is 7.71. The van der Waals surface area contributed by atoms with Crippen LogP contribution in [0.25, 0.3) is 0 Å². The van der Waals surface area contributed by atoms with Gasteiger partial charge in [-0.3, -0.25) is 29.4 Å². The van der Waals surface area contributed by atoms with Gasteiger partial charge in [-0.1, -0.05) is 0 Å². The van der Waals surface area contributed by atoms with Gasteiger partial charge in [0, 0.05) is 18.7 Å². The highest BCUT2D eigenvalue weighted by Crippen LogP contribution is 2.29. The van der Waals surface area contributed by atoms with E-state index in [0.717, 1.165) is 4.90 Å². The van der Waals surface area contributed by atoms with Crippen molar-refractivity contribution in [1.29, 1.82) is 0 Å². The maximum absolute atomic E-state index is 12.8. The Hall–Kier alpha value is -3.19. The maximum Gasteiger partial charge on any atom is 0.262 e. The number of nitrogens with one attached hydrogen (secondary N) is 2. The number of anilines is 1. The lowest BCUT2D eigenvalue weighted by Crippen LogP contribution is -2.54. The molecule has 0 aliphatic carbocycles. The number of ether oxygens (including phenoxy) is 4. The minimum absolute atomic E-state index is 0.0689. The number of hydrogen-bond donors (Lipinski definition) is 2. The first-order chi connectivity index (χ1) is 17.0. The fraction of sp³-hybridized carbons (Fsp3) is 0.522. The average Bonchev–Trinajstić information content (AvgIpc) is 3.09. The number of carbonyl (C=O) groups excluding carboxylic acids is 5. The van der Waals surface area contributed by atoms with Crippen LogP contribution in [0.3, 0.4) is 0 Å². The molecule has 2 aliphatic heterocycles. The van der Waals surface area contributed by atoms with Crippen LogP contribution in [0.15, 0.2) is 18.2 Å². The Bertz CT molecular complexity index is 937. The van der Waals surface area contributed by atoms with E-state index in [9.17, 15) is 24.0 Å². The zero-order valence-electron chi connectivity index (χ0n) is 19.3. The molecular weight excluding hydrogens is 462 g/mol. The van der Waals surface area contributed by atoms with Gasteiger partial charge in [-0.2, -0.15) is 0 Å². The summed E-state index contributed by atoms with van der Waals surface area (Å²) in [7, 11) is 0. The minimum Gasteiger partial charge on any atom is -0.383 e. The van der Waals surface area contributed by atoms with Gasteiger partial charge in [0.05, 0.1) is 57.4 Å². The molecule has 12 heteroatoms. The molecule has 1 atom stereocenters. The SMILES string of the molecule is O=CCOCCOCCOCCOCCNc1ccc2c(c1)C(=O)N(C1CCC(=O)NC1=O)C2=O. The van der Waals surface area contributed by atoms with Crippen molar-refractivity contribution < 1.29 is 42.9 Å². The second-order valence-electron chi connectivity index (χ2n) is 7.71. The molecule has 1 fully saturated rings. The summed E-state index contributed by atoms with van der Waals surface area (Å²) in [6.07, 6.45) is 0.882. The number of nitrogens with zero attached hydrogens (tertiary/aromatic N) is 1. The first-order valence-corrected chi connectivity index (χ1v) is 11.4. The summed E-state index contributed by atoms with van der Waals surface area (Å²) in [5, 5.41) is 5.31. The molecule has 190 valence electrons. The summed E-state index contributed by atoms with van der Waals surface area (Å²) in [4.78, 5) is 60.0. The molecule has 3 rings (SSSR count). The van der Waals surface area contributed by atoms with Crippen molar-refractivity contribution in [2.24, 2.45) is 0 Å². The van der Waals surface area contributed by atoms with Crippen molar-refractivity contribution >= 4 is 35.6 Å². The van der Waals surface area contributed by atoms with Gasteiger partial charge < -0.3 is 29.1 Å². The van der Waals surface area contributed by atoms with Gasteiger partial charge in [0.25, 0.3) is 11.8 Å². The molecule has 0 radical (unpaired) electrons. The molecule has 0 bridgehead atoms. The van der Waals surface area contributed by atoms with Crippen molar-refractivity contribution in [3.05, 3.63) is 29.3 Å². The van der Waals surface area contributed by atoms with Crippen LogP contribution in [0.2, 0.25) is 0 Å². The van der Waals surface area contributed by atoms with E-state index < -0.39 is 29.7 Å². The van der Waals surface area contributed by atoms with E-state index in [1.807, 2.05) is 0 Å². The van der Waals surface area contributed by atoms with Crippen LogP contribution in [-0.2, 0) is 33.3 Å². The predicted molar refractivity (Wildman–Crippen MR) is 121 cm³/mol. The van der Waals surface area contributed by atoms with Crippen LogP contribution in [0.4, 0.5) is 5.69 Å². The molecule has 35 heavy (non-hydrogen) atoms. The summed E-state index contributed by atoms with van der Waals surface area (Å²) in [5.41, 5.74) is 1.09. The lowest BCUT2D eigenvalue weighted by Gasteiger charge is -2.27. The summed E-state index contributed by atoms with van der Waals surface area (Å²) in [6.45, 7) is 3.37. The van der Waals surface area contributed by atoms with Crippen LogP contribution in [0.1, 0.15) is 33.6 Å². The Labute approximate surface area is 202 Å². The summed E-state index contributed by atoms with van der Waals surface area (Å²) < 4.78 is 21.1. The monoisotopic (exact) mass is 491 g/mol. The number of hydrogen-bond acceptors (Lipinski definition) is 10. The third-order valence-electron chi connectivity index (χ3n) is 5.32. The van der Waals surface area contributed by atoms with Crippen LogP contribution < -0.4 is 10.6 Å². The van der Waals surface area contributed by atoms with Crippen molar-refractivity contribution in [1.82, 2.24) is 10.2 Å². The van der Waals surface area contributed by atoms with E-state index in [0.29, 0.717) is 64.8 Å². The Kier molecular flexibility index (Phi) is 10.3. The highest BCUT2D eigenvalue weighted by molar-refractivity contribution is 6.23. The van der Waals surface area contributed by atoms with E-state index in [1.165, 1.54) is 0 Å². The summed E-state index contributed by atoms with van der Waals surface area (Å²) in [5.74, 6) is -2.13. The van der Waals surface area contributed by atoms with Gasteiger partial charge in [-0.05, 0) is 24.6 Å². The van der Waals surface area contributed by atoms with Gasteiger partial charge in [-0.15, -0.1) is 0 Å². The van der Waals surface area contributed by atoms with Gasteiger partial charge in [0.2, 0.25) is 11.8 Å². The molecule has 2 heterocycles. The zero-order chi connectivity index (χ0) is 25.0. The molecule has 2 aliphatic rings. The highest BCUT2D eigenvalue weighted by Gasteiger charge is 2.44. The van der Waals surface area contributed by atoms with E-state index >= 15 is 0 Å². The number of piperidine rings is 1. The summed E-state index contributed by atoms with van der Waals surface area (Å²) in [6, 6.07) is 3.83. The molecule has 0 aromatic heterocycles. The third kappa shape index (κ3) is 7.39. The van der Waals surface area contributed by atoms with Crippen LogP contribution in [0.5, 0.6) is 0 Å². The summed E-state index contributed by atoms with van der Waals surface area (Å²) >= 11 is 0. The molecule has 1 unspecified atom stereocenters. The largest absolute Gasteiger partial charge is 0.383 e. The van der Waals surface area contributed by atoms with Crippen molar-refractivity contribution in [2.75, 3.05) is 64.7 Å². The third-order valence-corrected chi connectivity index (χ3v) is 5.32. The van der Waals surface area contributed by atoms with Crippen molar-refractivity contribution in [2.45, 2.75) is 18.9 Å². The topological polar surface area (TPSA) is 150 Å². The number of fused-ring (bicyclic) bond motifs is 1. The van der Waals surface area contributed by atoms with Crippen LogP contribution >= 0.6 is 0 Å². The van der Waals surface area contributed by atoms with Crippen LogP contribution in [-0.4, -0.2) is 100 Å². The molecule has 2 N–H and O–H groups in total. The maximum atomic E-state index is 12.8. The zero-order valence-corrected chi connectivity index (χ0v) is 19.3. The van der Waals surface area contributed by atoms with Crippen molar-refractivity contribution in [3.8, 4) is 0 Å². The Morgan fingerprint density at radius 3 is 2.17 bits per heavy atom. The molecule has 12 nitrogen and oxygen atoms in total. The predicted octanol–water partition coefficient (Wildman–Crippen LogP) is -0.235. The molecule has 1 aromatic carbocycles. The van der Waals surface area contributed by atoms with Crippen LogP contribution in [0, 0.1) is 0 Å². The molecule has 4 amide bonds. The molecule has 0 saturated carbocycles. The van der Waals surface area contributed by atoms with E-state index in [1.54, 1.807) is 18.2 Å². The number of aldehydes is 1. The Morgan fingerprint density at radius 2 is 1.51 bits per heavy atom. The number of carbonyl (C=O) groups is 5. The standard InChI is InChI=1S/C23H29N3O9/c27-6-8-33-10-12-35-14-13-34-11-9-32-7-5-24-16-1-2-17-18(15-16)23(31)26(22(17)30)19-3-4-20(28)25-21(19)29/h1-2,6,15,19,24H,3-5,7-14H2,(H,25,28,29). The molecular formula is C23H29N3O9. The number of benzene rings is 1.